The lowest BCUT2D eigenvalue weighted by Gasteiger charge is -2.23. The third-order valence-electron chi connectivity index (χ3n) is 6.56. The molecule has 0 radical (unpaired) electrons. The Balaban J connectivity index is 1.43. The highest BCUT2D eigenvalue weighted by atomic mass is 35.5. The lowest BCUT2D eigenvalue weighted by molar-refractivity contribution is 0.429. The Morgan fingerprint density at radius 2 is 2.11 bits per heavy atom. The fraction of sp³-hybridized carbons (Fsp3) is 0.381. The number of hydrogen-bond acceptors (Lipinski definition) is 4. The molecule has 2 aliphatic rings. The Labute approximate surface area is 167 Å². The van der Waals surface area contributed by atoms with Gasteiger partial charge in [0.25, 0.3) is 0 Å². The molecule has 1 spiro atoms. The van der Waals surface area contributed by atoms with E-state index < -0.39 is 0 Å². The number of aromatic nitrogens is 5. The van der Waals surface area contributed by atoms with Crippen molar-refractivity contribution in [2.45, 2.75) is 50.5 Å². The van der Waals surface area contributed by atoms with Gasteiger partial charge in [0.15, 0.2) is 5.65 Å². The first-order valence-electron chi connectivity index (χ1n) is 9.96. The van der Waals surface area contributed by atoms with Crippen molar-refractivity contribution in [3.63, 3.8) is 0 Å². The molecule has 0 atom stereocenters. The molecule has 3 aromatic heterocycles. The third-order valence-corrected chi connectivity index (χ3v) is 6.83. The minimum atomic E-state index is 0.246. The number of H-pyrrole nitrogens is 1. The van der Waals surface area contributed by atoms with Crippen LogP contribution in [-0.4, -0.2) is 24.6 Å². The molecule has 3 heterocycles. The Kier molecular flexibility index (Phi) is 3.48. The van der Waals surface area contributed by atoms with Crippen LogP contribution < -0.4 is 5.32 Å². The van der Waals surface area contributed by atoms with Crippen LogP contribution in [0, 0.1) is 0 Å². The monoisotopic (exact) mass is 392 g/mol. The standard InChI is InChI=1S/C21H21ClN6/c22-15-11-26-28-19(23-10-13-3-4-16-17(9-13)25-12-24-16)14-5-8-21(6-1-2-7-21)18(14)27-20(15)28/h3-4,9,11-12,23H,1-2,5-8,10H2,(H,24,25). The van der Waals surface area contributed by atoms with Gasteiger partial charge in [-0.15, -0.1) is 0 Å². The van der Waals surface area contributed by atoms with E-state index in [9.17, 15) is 0 Å². The maximum atomic E-state index is 6.43. The average Bonchev–Trinajstić information content (AvgIpc) is 3.49. The Hall–Kier alpha value is -2.60. The number of nitrogens with one attached hydrogen (secondary N) is 2. The largest absolute Gasteiger partial charge is 0.366 e. The zero-order valence-corrected chi connectivity index (χ0v) is 16.3. The number of halogens is 1. The summed E-state index contributed by atoms with van der Waals surface area (Å²) in [6, 6.07) is 6.31. The van der Waals surface area contributed by atoms with Crippen LogP contribution in [0.25, 0.3) is 16.7 Å². The molecule has 4 aromatic rings. The van der Waals surface area contributed by atoms with Crippen LogP contribution in [0.2, 0.25) is 5.02 Å². The predicted octanol–water partition coefficient (Wildman–Crippen LogP) is 4.63. The van der Waals surface area contributed by atoms with Crippen molar-refractivity contribution in [1.82, 2.24) is 24.6 Å². The fourth-order valence-corrected chi connectivity index (χ4v) is 5.32. The quantitative estimate of drug-likeness (QED) is 0.533. The molecular formula is C21H21ClN6. The van der Waals surface area contributed by atoms with Crippen LogP contribution in [0.5, 0.6) is 0 Å². The molecule has 2 N–H and O–H groups in total. The number of aromatic amines is 1. The number of imidazole rings is 1. The van der Waals surface area contributed by atoms with E-state index in [0.29, 0.717) is 11.6 Å². The van der Waals surface area contributed by atoms with Gasteiger partial charge in [0.05, 0.1) is 29.3 Å². The van der Waals surface area contributed by atoms with Gasteiger partial charge in [-0.1, -0.05) is 30.5 Å². The zero-order chi connectivity index (χ0) is 18.7. The van der Waals surface area contributed by atoms with E-state index in [4.69, 9.17) is 16.6 Å². The molecule has 0 aliphatic heterocycles. The van der Waals surface area contributed by atoms with Gasteiger partial charge in [0.2, 0.25) is 0 Å². The normalized spacial score (nSPS) is 17.8. The van der Waals surface area contributed by atoms with Gasteiger partial charge in [-0.3, -0.25) is 0 Å². The number of benzene rings is 1. The summed E-state index contributed by atoms with van der Waals surface area (Å²) in [4.78, 5) is 12.5. The van der Waals surface area contributed by atoms with E-state index >= 15 is 0 Å². The average molecular weight is 393 g/mol. The molecule has 6 rings (SSSR count). The Morgan fingerprint density at radius 1 is 1.21 bits per heavy atom. The van der Waals surface area contributed by atoms with Crippen LogP contribution in [-0.2, 0) is 18.4 Å². The van der Waals surface area contributed by atoms with Crippen LogP contribution in [0.15, 0.2) is 30.7 Å². The molecule has 6 nitrogen and oxygen atoms in total. The predicted molar refractivity (Wildman–Crippen MR) is 110 cm³/mol. The van der Waals surface area contributed by atoms with Gasteiger partial charge >= 0.3 is 0 Å². The van der Waals surface area contributed by atoms with Crippen molar-refractivity contribution < 1.29 is 0 Å². The zero-order valence-electron chi connectivity index (χ0n) is 15.5. The maximum Gasteiger partial charge on any atom is 0.176 e. The summed E-state index contributed by atoms with van der Waals surface area (Å²) < 4.78 is 1.88. The van der Waals surface area contributed by atoms with E-state index in [0.717, 1.165) is 28.9 Å². The SMILES string of the molecule is Clc1cnn2c(NCc3ccc4nc[nH]c4c3)c3c(nc12)C1(CCCC1)CC3. The lowest BCUT2D eigenvalue weighted by atomic mass is 9.83. The molecule has 0 bridgehead atoms. The number of anilines is 1. The van der Waals surface area contributed by atoms with Crippen LogP contribution in [0.4, 0.5) is 5.82 Å². The highest BCUT2D eigenvalue weighted by Gasteiger charge is 2.44. The highest BCUT2D eigenvalue weighted by Crippen LogP contribution is 2.51. The summed E-state index contributed by atoms with van der Waals surface area (Å²) in [6.07, 6.45) is 10.7. The number of rotatable bonds is 3. The van der Waals surface area contributed by atoms with E-state index in [1.165, 1.54) is 48.9 Å². The van der Waals surface area contributed by atoms with Gasteiger partial charge in [-0.05, 0) is 43.4 Å². The van der Waals surface area contributed by atoms with Crippen molar-refractivity contribution in [2.24, 2.45) is 0 Å². The van der Waals surface area contributed by atoms with Crippen molar-refractivity contribution >= 4 is 34.1 Å². The molecule has 0 amide bonds. The summed E-state index contributed by atoms with van der Waals surface area (Å²) >= 11 is 6.43. The van der Waals surface area contributed by atoms with Crippen molar-refractivity contribution in [1.29, 1.82) is 0 Å². The minimum Gasteiger partial charge on any atom is -0.366 e. The highest BCUT2D eigenvalue weighted by molar-refractivity contribution is 6.33. The molecule has 28 heavy (non-hydrogen) atoms. The summed E-state index contributed by atoms with van der Waals surface area (Å²) in [5, 5.41) is 8.77. The van der Waals surface area contributed by atoms with Crippen molar-refractivity contribution in [3.8, 4) is 0 Å². The molecule has 142 valence electrons. The first-order chi connectivity index (χ1) is 13.7. The molecule has 1 saturated carbocycles. The number of hydrogen-bond donors (Lipinski definition) is 2. The van der Waals surface area contributed by atoms with Gasteiger partial charge in [-0.25, -0.2) is 9.97 Å². The minimum absolute atomic E-state index is 0.246. The molecule has 1 aromatic carbocycles. The lowest BCUT2D eigenvalue weighted by Crippen LogP contribution is -2.20. The smallest absolute Gasteiger partial charge is 0.176 e. The second-order valence-corrected chi connectivity index (χ2v) is 8.52. The van der Waals surface area contributed by atoms with E-state index in [2.05, 4.69) is 32.5 Å². The molecular weight excluding hydrogens is 372 g/mol. The topological polar surface area (TPSA) is 70.9 Å². The number of nitrogens with zero attached hydrogens (tertiary/aromatic N) is 4. The third kappa shape index (κ3) is 2.30. The van der Waals surface area contributed by atoms with Crippen LogP contribution in [0.1, 0.15) is 48.9 Å². The molecule has 0 saturated heterocycles. The number of fused-ring (bicyclic) bond motifs is 4. The molecule has 2 aliphatic carbocycles. The molecule has 1 fully saturated rings. The molecule has 7 heteroatoms. The van der Waals surface area contributed by atoms with Crippen molar-refractivity contribution in [3.05, 3.63) is 52.6 Å². The summed E-state index contributed by atoms with van der Waals surface area (Å²) in [6.45, 7) is 0.713. The molecule has 0 unspecified atom stereocenters. The van der Waals surface area contributed by atoms with E-state index in [1.807, 2.05) is 10.6 Å². The summed E-state index contributed by atoms with van der Waals surface area (Å²) in [5.74, 6) is 1.04. The van der Waals surface area contributed by atoms with E-state index in [1.54, 1.807) is 12.5 Å². The summed E-state index contributed by atoms with van der Waals surface area (Å²) in [7, 11) is 0. The van der Waals surface area contributed by atoms with Crippen LogP contribution >= 0.6 is 11.6 Å². The van der Waals surface area contributed by atoms with Gasteiger partial charge in [-0.2, -0.15) is 9.61 Å². The van der Waals surface area contributed by atoms with Gasteiger partial charge in [0.1, 0.15) is 10.8 Å². The fourth-order valence-electron chi connectivity index (χ4n) is 5.16. The summed E-state index contributed by atoms with van der Waals surface area (Å²) in [5.41, 5.74) is 6.82. The van der Waals surface area contributed by atoms with Gasteiger partial charge < -0.3 is 10.3 Å². The van der Waals surface area contributed by atoms with Gasteiger partial charge in [0, 0.05) is 17.5 Å². The Morgan fingerprint density at radius 3 is 3.00 bits per heavy atom. The maximum absolute atomic E-state index is 6.43. The van der Waals surface area contributed by atoms with Crippen LogP contribution in [0.3, 0.4) is 0 Å². The van der Waals surface area contributed by atoms with Crippen molar-refractivity contribution in [2.75, 3.05) is 5.32 Å². The second kappa shape index (κ2) is 5.95. The Bertz CT molecular complexity index is 1200. The first kappa shape index (κ1) is 16.4. The second-order valence-electron chi connectivity index (χ2n) is 8.11. The van der Waals surface area contributed by atoms with E-state index in [-0.39, 0.29) is 5.41 Å². The first-order valence-corrected chi connectivity index (χ1v) is 10.3.